The number of esters is 1. The van der Waals surface area contributed by atoms with Crippen LogP contribution < -0.4 is 4.74 Å². The van der Waals surface area contributed by atoms with E-state index in [1.165, 1.54) is 0 Å². The molecule has 1 atom stereocenters. The monoisotopic (exact) mass is 548 g/mol. The smallest absolute Gasteiger partial charge is 0.430 e. The zero-order chi connectivity index (χ0) is 27.0. The van der Waals surface area contributed by atoms with Crippen molar-refractivity contribution >= 4 is 22.3 Å². The van der Waals surface area contributed by atoms with Gasteiger partial charge in [0, 0.05) is 5.56 Å². The Labute approximate surface area is 188 Å². The van der Waals surface area contributed by atoms with Crippen molar-refractivity contribution in [2.24, 2.45) is 0 Å². The van der Waals surface area contributed by atoms with Crippen LogP contribution in [0.15, 0.2) is 22.6 Å². The Balaban J connectivity index is 2.53. The molecule has 11 nitrogen and oxygen atoms in total. The van der Waals surface area contributed by atoms with Crippen LogP contribution >= 0.6 is 10.2 Å². The van der Waals surface area contributed by atoms with Crippen molar-refractivity contribution in [1.29, 1.82) is 0 Å². The maximum absolute atomic E-state index is 13.5. The van der Waals surface area contributed by atoms with Gasteiger partial charge in [-0.2, -0.15) is 13.2 Å². The van der Waals surface area contributed by atoms with E-state index in [4.69, 9.17) is 0 Å². The fourth-order valence-electron chi connectivity index (χ4n) is 2.72. The minimum atomic E-state index is -10.3. The Kier molecular flexibility index (Phi) is 6.54. The van der Waals surface area contributed by atoms with Crippen LogP contribution in [0.5, 0.6) is 5.75 Å². The van der Waals surface area contributed by atoms with Gasteiger partial charge < -0.3 is 19.1 Å². The van der Waals surface area contributed by atoms with Crippen LogP contribution in [0.25, 0.3) is 6.08 Å². The second kappa shape index (κ2) is 8.27. The van der Waals surface area contributed by atoms with Crippen molar-refractivity contribution in [3.05, 3.63) is 49.1 Å². The van der Waals surface area contributed by atoms with Gasteiger partial charge in [-0.05, 0) is 30.7 Å². The lowest BCUT2D eigenvalue weighted by Gasteiger charge is -2.41. The van der Waals surface area contributed by atoms with Gasteiger partial charge in [0.1, 0.15) is 30.0 Å². The lowest BCUT2D eigenvalue weighted by atomic mass is 9.99. The number of nitrogens with zero attached hydrogens (tertiary/aromatic N) is 2. The van der Waals surface area contributed by atoms with Crippen molar-refractivity contribution in [3.63, 3.8) is 0 Å². The number of fused-ring (bicyclic) bond motifs is 1. The molecule has 0 saturated heterocycles. The fourth-order valence-corrected chi connectivity index (χ4v) is 3.46. The summed E-state index contributed by atoms with van der Waals surface area (Å²) in [6.07, 6.45) is -10.5. The van der Waals surface area contributed by atoms with Gasteiger partial charge in [-0.25, -0.2) is 4.79 Å². The number of hydrogen-bond donors (Lipinski definition) is 0. The molecule has 0 radical (unpaired) electrons. The maximum atomic E-state index is 13.5. The molecule has 0 aliphatic carbocycles. The molecule has 0 aromatic heterocycles. The molecular weight excluding hydrogens is 536 g/mol. The Bertz CT molecular complexity index is 1070. The lowest BCUT2D eigenvalue weighted by molar-refractivity contribution is -0.768. The van der Waals surface area contributed by atoms with Crippen LogP contribution in [0.2, 0.25) is 0 Å². The first kappa shape index (κ1) is 27.7. The first-order valence-corrected chi connectivity index (χ1v) is 10.6. The summed E-state index contributed by atoms with van der Waals surface area (Å²) in [5.74, 6) is -2.91. The van der Waals surface area contributed by atoms with Crippen molar-refractivity contribution in [3.8, 4) is 5.75 Å². The Morgan fingerprint density at radius 2 is 1.60 bits per heavy atom. The van der Waals surface area contributed by atoms with E-state index < -0.39 is 85.3 Å². The molecule has 1 aliphatic rings. The number of aryl methyl sites for hydroxylation is 1. The molecular formula is C15H12F8N2O9S. The third kappa shape index (κ3) is 7.20. The molecule has 0 amide bonds. The van der Waals surface area contributed by atoms with Crippen LogP contribution in [0, 0.1) is 27.2 Å². The first-order chi connectivity index (χ1) is 15.6. The van der Waals surface area contributed by atoms with Gasteiger partial charge in [-0.15, -0.1) is 20.2 Å². The summed E-state index contributed by atoms with van der Waals surface area (Å²) in [4.78, 5) is 38.1. The molecule has 20 heteroatoms. The zero-order valence-corrected chi connectivity index (χ0v) is 17.6. The topological polar surface area (TPSA) is 140 Å². The number of alkyl halides is 3. The number of carbonyl (C=O) groups is 1. The largest absolute Gasteiger partial charge is 0.475 e. The number of benzene rings is 1. The van der Waals surface area contributed by atoms with Gasteiger partial charge in [-0.3, -0.25) is 0 Å². The maximum Gasteiger partial charge on any atom is 0.430 e. The number of rotatable bonds is 9. The predicted molar refractivity (Wildman–Crippen MR) is 96.8 cm³/mol. The summed E-state index contributed by atoms with van der Waals surface area (Å²) in [7, 11) is -10.3. The van der Waals surface area contributed by atoms with Crippen LogP contribution in [-0.4, -0.2) is 47.7 Å². The van der Waals surface area contributed by atoms with Gasteiger partial charge in [0.25, 0.3) is 10.2 Å². The highest BCUT2D eigenvalue weighted by atomic mass is 32.5. The minimum Gasteiger partial charge on any atom is -0.475 e. The Morgan fingerprint density at radius 3 is 2.03 bits per heavy atom. The highest BCUT2D eigenvalue weighted by Gasteiger charge is 2.65. The van der Waals surface area contributed by atoms with Crippen molar-refractivity contribution < 1.29 is 66.7 Å². The number of hydrogen-bond acceptors (Lipinski definition) is 9. The Hall–Kier alpha value is -3.58. The van der Waals surface area contributed by atoms with Crippen molar-refractivity contribution in [2.75, 3.05) is 13.2 Å². The molecule has 35 heavy (non-hydrogen) atoms. The molecule has 1 aromatic carbocycles. The molecule has 0 saturated carbocycles. The van der Waals surface area contributed by atoms with Crippen molar-refractivity contribution in [2.45, 2.75) is 30.2 Å². The quantitative estimate of drug-likeness (QED) is 0.186. The number of ether oxygens (including phenoxy) is 2. The molecule has 0 fully saturated rings. The van der Waals surface area contributed by atoms with E-state index in [0.717, 1.165) is 6.92 Å². The van der Waals surface area contributed by atoms with E-state index in [1.54, 1.807) is 0 Å². The molecule has 0 N–H and O–H groups in total. The van der Waals surface area contributed by atoms with E-state index in [9.17, 15) is 57.6 Å². The van der Waals surface area contributed by atoms with Gasteiger partial charge >= 0.3 is 22.4 Å². The van der Waals surface area contributed by atoms with E-state index >= 15 is 0 Å². The minimum absolute atomic E-state index is 0.120. The third-order valence-electron chi connectivity index (χ3n) is 4.09. The van der Waals surface area contributed by atoms with Gasteiger partial charge in [0.2, 0.25) is 6.10 Å². The summed E-state index contributed by atoms with van der Waals surface area (Å²) in [5.41, 5.74) is -3.29. The van der Waals surface area contributed by atoms with Gasteiger partial charge in [-0.1, -0.05) is 19.4 Å². The first-order valence-electron chi connectivity index (χ1n) is 8.68. The average Bonchev–Trinajstić information content (AvgIpc) is 2.66. The number of carbonyl (C=O) groups excluding carboxylic acids is 1. The fraction of sp³-hybridized carbons (Fsp3) is 0.400. The second-order valence-electron chi connectivity index (χ2n) is 6.83. The van der Waals surface area contributed by atoms with E-state index in [2.05, 4.69) is 19.1 Å². The summed E-state index contributed by atoms with van der Waals surface area (Å²) < 4.78 is 116. The van der Waals surface area contributed by atoms with Gasteiger partial charge in [0.15, 0.2) is 0 Å². The average molecular weight is 548 g/mol. The van der Waals surface area contributed by atoms with E-state index in [1.807, 2.05) is 0 Å². The van der Waals surface area contributed by atoms with Crippen LogP contribution in [0.4, 0.5) is 32.6 Å². The Morgan fingerprint density at radius 1 is 1.09 bits per heavy atom. The summed E-state index contributed by atoms with van der Waals surface area (Å²) >= 11 is 0. The molecule has 0 unspecified atom stereocenters. The second-order valence-corrected chi connectivity index (χ2v) is 9.24. The molecule has 198 valence electrons. The number of halogens is 8. The highest BCUT2D eigenvalue weighted by Crippen LogP contribution is 3.02. The summed E-state index contributed by atoms with van der Waals surface area (Å²) in [6.45, 7) is -1.74. The van der Waals surface area contributed by atoms with Crippen LogP contribution in [0.1, 0.15) is 11.1 Å². The molecule has 1 aliphatic heterocycles. The normalized spacial score (nSPS) is 17.8. The molecule has 1 heterocycles. The molecule has 0 spiro atoms. The predicted octanol–water partition coefficient (Wildman–Crippen LogP) is 4.69. The summed E-state index contributed by atoms with van der Waals surface area (Å²) in [5, 5.41) is 17.7. The van der Waals surface area contributed by atoms with E-state index in [-0.39, 0.29) is 18.2 Å². The lowest BCUT2D eigenvalue weighted by Crippen LogP contribution is -2.42. The molecule has 1 aromatic rings. The SMILES string of the molecule is Cc1cc(S(F)(F)(F)(F)F)cc2c1O[C@H](C(F)(F)F)C(C(=O)OC(CO[N+](=O)[O-])CO[N+](=O)[O-])=C2. The van der Waals surface area contributed by atoms with E-state index in [0.29, 0.717) is 0 Å². The summed E-state index contributed by atoms with van der Waals surface area (Å²) in [6, 6.07) is -0.349. The third-order valence-corrected chi connectivity index (χ3v) is 5.22. The van der Waals surface area contributed by atoms with Crippen LogP contribution in [-0.2, 0) is 19.2 Å². The highest BCUT2D eigenvalue weighted by molar-refractivity contribution is 8.45. The standard InChI is InChI=1S/C15H12F8N2O9S/c1-7-2-10(35(19,20,21,22)23)3-8-4-11(13(15(16,17)18)34-12(7)8)14(26)33-9(5-31-24(27)28)6-32-25(29)30/h2-4,9,13H,5-6H2,1H3/t13-/m0/s1. The molecule has 0 bridgehead atoms. The molecule has 2 rings (SSSR count). The zero-order valence-electron chi connectivity index (χ0n) is 16.8. The van der Waals surface area contributed by atoms with Gasteiger partial charge in [0.05, 0.1) is 5.57 Å². The van der Waals surface area contributed by atoms with Crippen LogP contribution in [0.3, 0.4) is 0 Å². The van der Waals surface area contributed by atoms with Crippen molar-refractivity contribution in [1.82, 2.24) is 0 Å².